The molecule has 1 heterocycles. The molecule has 0 radical (unpaired) electrons. The molecule has 0 unspecified atom stereocenters. The lowest BCUT2D eigenvalue weighted by atomic mass is 9.96. The number of hydrogen-bond donors (Lipinski definition) is 0. The van der Waals surface area contributed by atoms with Gasteiger partial charge in [0.2, 0.25) is 0 Å². The number of halogens is 1. The lowest BCUT2D eigenvalue weighted by Crippen LogP contribution is -2.49. The fraction of sp³-hybridized carbons (Fsp3) is 0.208. The van der Waals surface area contributed by atoms with Gasteiger partial charge in [-0.3, -0.25) is 9.69 Å². The van der Waals surface area contributed by atoms with E-state index < -0.39 is 0 Å². The van der Waals surface area contributed by atoms with Gasteiger partial charge in [0.25, 0.3) is 5.91 Å². The summed E-state index contributed by atoms with van der Waals surface area (Å²) < 4.78 is 0.988. The van der Waals surface area contributed by atoms with Crippen molar-refractivity contribution < 1.29 is 4.79 Å². The molecule has 0 aromatic heterocycles. The number of hydrogen-bond acceptors (Lipinski definition) is 2. The van der Waals surface area contributed by atoms with E-state index in [9.17, 15) is 4.79 Å². The van der Waals surface area contributed by atoms with E-state index >= 15 is 0 Å². The van der Waals surface area contributed by atoms with Gasteiger partial charge in [-0.1, -0.05) is 76.6 Å². The molecule has 3 aromatic carbocycles. The van der Waals surface area contributed by atoms with Crippen LogP contribution in [-0.4, -0.2) is 41.9 Å². The first-order chi connectivity index (χ1) is 13.7. The molecule has 28 heavy (non-hydrogen) atoms. The Bertz CT molecular complexity index is 865. The molecule has 4 heteroatoms. The second kappa shape index (κ2) is 8.72. The highest BCUT2D eigenvalue weighted by molar-refractivity contribution is 9.10. The topological polar surface area (TPSA) is 23.6 Å². The van der Waals surface area contributed by atoms with Gasteiger partial charge in [-0.2, -0.15) is 0 Å². The van der Waals surface area contributed by atoms with E-state index in [2.05, 4.69) is 81.5 Å². The van der Waals surface area contributed by atoms with Gasteiger partial charge in [-0.25, -0.2) is 0 Å². The molecule has 0 saturated carbocycles. The Balaban J connectivity index is 1.50. The maximum atomic E-state index is 12.8. The quantitative estimate of drug-likeness (QED) is 0.576. The Morgan fingerprint density at radius 1 is 0.714 bits per heavy atom. The third-order valence-corrected chi connectivity index (χ3v) is 5.82. The van der Waals surface area contributed by atoms with Crippen LogP contribution in [0.4, 0.5) is 0 Å². The predicted molar refractivity (Wildman–Crippen MR) is 116 cm³/mol. The number of nitrogens with zero attached hydrogens (tertiary/aromatic N) is 2. The highest BCUT2D eigenvalue weighted by Crippen LogP contribution is 2.29. The zero-order valence-electron chi connectivity index (χ0n) is 15.7. The van der Waals surface area contributed by atoms with E-state index in [0.29, 0.717) is 0 Å². The summed E-state index contributed by atoms with van der Waals surface area (Å²) in [5.41, 5.74) is 3.34. The second-order valence-corrected chi connectivity index (χ2v) is 7.97. The Kier molecular flexibility index (Phi) is 5.89. The summed E-state index contributed by atoms with van der Waals surface area (Å²) in [6, 6.07) is 29.1. The molecule has 3 aromatic rings. The molecule has 142 valence electrons. The minimum Gasteiger partial charge on any atom is -0.336 e. The number of rotatable bonds is 4. The lowest BCUT2D eigenvalue weighted by molar-refractivity contribution is 0.0597. The van der Waals surface area contributed by atoms with Gasteiger partial charge in [0.05, 0.1) is 6.04 Å². The van der Waals surface area contributed by atoms with Crippen molar-refractivity contribution in [3.63, 3.8) is 0 Å². The molecule has 0 aliphatic carbocycles. The molecule has 1 fully saturated rings. The fourth-order valence-corrected chi connectivity index (χ4v) is 4.11. The summed E-state index contributed by atoms with van der Waals surface area (Å²) in [7, 11) is 0. The van der Waals surface area contributed by atoms with Crippen molar-refractivity contribution in [2.24, 2.45) is 0 Å². The van der Waals surface area contributed by atoms with Gasteiger partial charge < -0.3 is 4.90 Å². The Morgan fingerprint density at radius 3 is 1.71 bits per heavy atom. The van der Waals surface area contributed by atoms with Crippen LogP contribution >= 0.6 is 15.9 Å². The molecule has 0 bridgehead atoms. The fourth-order valence-electron chi connectivity index (χ4n) is 3.84. The van der Waals surface area contributed by atoms with Crippen molar-refractivity contribution in [3.8, 4) is 0 Å². The third kappa shape index (κ3) is 4.18. The molecule has 1 amide bonds. The zero-order valence-corrected chi connectivity index (χ0v) is 17.3. The Morgan fingerprint density at radius 2 is 1.21 bits per heavy atom. The summed E-state index contributed by atoms with van der Waals surface area (Å²) >= 11 is 3.43. The largest absolute Gasteiger partial charge is 0.336 e. The molecule has 0 N–H and O–H groups in total. The van der Waals surface area contributed by atoms with Gasteiger partial charge >= 0.3 is 0 Å². The summed E-state index contributed by atoms with van der Waals surface area (Å²) in [5, 5.41) is 0. The predicted octanol–water partition coefficient (Wildman–Crippen LogP) is 5.00. The molecular formula is C24H23BrN2O. The van der Waals surface area contributed by atoms with E-state index in [-0.39, 0.29) is 11.9 Å². The van der Waals surface area contributed by atoms with E-state index in [1.54, 1.807) is 0 Å². The maximum absolute atomic E-state index is 12.8. The average Bonchev–Trinajstić information content (AvgIpc) is 2.76. The first-order valence-electron chi connectivity index (χ1n) is 9.61. The van der Waals surface area contributed by atoms with Crippen molar-refractivity contribution in [2.45, 2.75) is 6.04 Å². The summed E-state index contributed by atoms with van der Waals surface area (Å²) in [5.74, 6) is 0.114. The molecule has 0 spiro atoms. The van der Waals surface area contributed by atoms with Crippen LogP contribution in [0.1, 0.15) is 27.5 Å². The summed E-state index contributed by atoms with van der Waals surface area (Å²) in [6.45, 7) is 3.20. The monoisotopic (exact) mass is 434 g/mol. The number of amides is 1. The normalized spacial score (nSPS) is 15.0. The molecule has 1 aliphatic heterocycles. The maximum Gasteiger partial charge on any atom is 0.253 e. The van der Waals surface area contributed by atoms with Crippen LogP contribution in [0.3, 0.4) is 0 Å². The number of carbonyl (C=O) groups excluding carboxylic acids is 1. The molecule has 1 aliphatic rings. The van der Waals surface area contributed by atoms with Gasteiger partial charge in [-0.15, -0.1) is 0 Å². The SMILES string of the molecule is O=C(c1ccc(Br)cc1)N1CCN(C(c2ccccc2)c2ccccc2)CC1. The van der Waals surface area contributed by atoms with Gasteiger partial charge in [0, 0.05) is 36.2 Å². The number of benzene rings is 3. The third-order valence-electron chi connectivity index (χ3n) is 5.29. The van der Waals surface area contributed by atoms with Gasteiger partial charge in [0.1, 0.15) is 0 Å². The summed E-state index contributed by atoms with van der Waals surface area (Å²) in [6.07, 6.45) is 0. The van der Waals surface area contributed by atoms with Crippen LogP contribution in [0, 0.1) is 0 Å². The smallest absolute Gasteiger partial charge is 0.253 e. The number of carbonyl (C=O) groups is 1. The first kappa shape index (κ1) is 18.9. The van der Waals surface area contributed by atoms with E-state index in [1.807, 2.05) is 29.2 Å². The van der Waals surface area contributed by atoms with Crippen molar-refractivity contribution >= 4 is 21.8 Å². The average molecular weight is 435 g/mol. The van der Waals surface area contributed by atoms with Crippen LogP contribution < -0.4 is 0 Å². The van der Waals surface area contributed by atoms with E-state index in [4.69, 9.17) is 0 Å². The molecule has 3 nitrogen and oxygen atoms in total. The standard InChI is InChI=1S/C24H23BrN2O/c25-22-13-11-21(12-14-22)24(28)27-17-15-26(16-18-27)23(19-7-3-1-4-8-19)20-9-5-2-6-10-20/h1-14,23H,15-18H2. The molecular weight excluding hydrogens is 412 g/mol. The van der Waals surface area contributed by atoms with Crippen LogP contribution in [0.25, 0.3) is 0 Å². The zero-order chi connectivity index (χ0) is 19.3. The first-order valence-corrected chi connectivity index (χ1v) is 10.4. The Labute approximate surface area is 174 Å². The van der Waals surface area contributed by atoms with Crippen LogP contribution in [-0.2, 0) is 0 Å². The van der Waals surface area contributed by atoms with Crippen molar-refractivity contribution in [1.29, 1.82) is 0 Å². The number of piperazine rings is 1. The highest BCUT2D eigenvalue weighted by atomic mass is 79.9. The molecule has 4 rings (SSSR count). The summed E-state index contributed by atoms with van der Waals surface area (Å²) in [4.78, 5) is 17.3. The minimum atomic E-state index is 0.114. The molecule has 0 atom stereocenters. The van der Waals surface area contributed by atoms with Crippen LogP contribution in [0.2, 0.25) is 0 Å². The van der Waals surface area contributed by atoms with E-state index in [0.717, 1.165) is 36.2 Å². The van der Waals surface area contributed by atoms with Gasteiger partial charge in [0.15, 0.2) is 0 Å². The van der Waals surface area contributed by atoms with Crippen LogP contribution in [0.5, 0.6) is 0 Å². The van der Waals surface area contributed by atoms with Crippen molar-refractivity contribution in [2.75, 3.05) is 26.2 Å². The van der Waals surface area contributed by atoms with Crippen LogP contribution in [0.15, 0.2) is 89.4 Å². The Hall–Kier alpha value is -2.43. The molecule has 1 saturated heterocycles. The minimum absolute atomic E-state index is 0.114. The lowest BCUT2D eigenvalue weighted by Gasteiger charge is -2.39. The highest BCUT2D eigenvalue weighted by Gasteiger charge is 2.28. The second-order valence-electron chi connectivity index (χ2n) is 7.06. The van der Waals surface area contributed by atoms with Crippen molar-refractivity contribution in [1.82, 2.24) is 9.80 Å². The van der Waals surface area contributed by atoms with Crippen molar-refractivity contribution in [3.05, 3.63) is 106 Å². The van der Waals surface area contributed by atoms with E-state index in [1.165, 1.54) is 11.1 Å². The van der Waals surface area contributed by atoms with Gasteiger partial charge in [-0.05, 0) is 35.4 Å².